The molecule has 4 saturated carbocycles. The first-order valence-corrected chi connectivity index (χ1v) is 56.5. The monoisotopic (exact) mass is 2000 g/mol. The highest BCUT2D eigenvalue weighted by Gasteiger charge is 2.78. The van der Waals surface area contributed by atoms with Crippen LogP contribution < -0.4 is 0 Å². The van der Waals surface area contributed by atoms with Gasteiger partial charge in [-0.15, -0.1) is 0 Å². The summed E-state index contributed by atoms with van der Waals surface area (Å²) in [4.78, 5) is 79.8. The summed E-state index contributed by atoms with van der Waals surface area (Å²) in [6.07, 6.45) is 0.440. The topological polar surface area (TPSA) is 360 Å². The van der Waals surface area contributed by atoms with E-state index in [9.17, 15) is 54.3 Å². The van der Waals surface area contributed by atoms with Crippen molar-refractivity contribution < 1.29 is 134 Å². The van der Waals surface area contributed by atoms with Gasteiger partial charge in [-0.2, -0.15) is 0 Å². The van der Waals surface area contributed by atoms with Gasteiger partial charge in [0.2, 0.25) is 0 Å². The first kappa shape index (κ1) is 111. The molecule has 5 N–H and O–H groups in total. The molecule has 25 atom stereocenters. The summed E-state index contributed by atoms with van der Waals surface area (Å²) in [7, 11) is -4.21. The molecule has 30 heteroatoms. The number of aliphatic hydroxyl groups excluding tert-OH is 5. The number of aliphatic hydroxyl groups is 5. The van der Waals surface area contributed by atoms with E-state index in [1.807, 2.05) is 125 Å². The molecule has 15 unspecified atom stereocenters. The van der Waals surface area contributed by atoms with Gasteiger partial charge in [0, 0.05) is 69.7 Å². The van der Waals surface area contributed by atoms with Crippen LogP contribution in [0.3, 0.4) is 0 Å². The summed E-state index contributed by atoms with van der Waals surface area (Å²) in [6, 6.07) is 32.5. The van der Waals surface area contributed by atoms with Crippen LogP contribution in [0.1, 0.15) is 263 Å². The zero-order valence-corrected chi connectivity index (χ0v) is 90.5. The maximum Gasteiger partial charge on any atom is 0.338 e. The van der Waals surface area contributed by atoms with E-state index in [4.69, 9.17) is 79.9 Å². The zero-order chi connectivity index (χ0) is 104. The Hall–Kier alpha value is -7.03. The molecule has 3 aromatic carbocycles. The van der Waals surface area contributed by atoms with Crippen molar-refractivity contribution in [2.45, 2.75) is 400 Å². The smallest absolute Gasteiger partial charge is 0.338 e. The predicted octanol–water partition coefficient (Wildman–Crippen LogP) is 17.6. The lowest BCUT2D eigenvalue weighted by Gasteiger charge is -2.66. The number of fused-ring (bicyclic) bond motifs is 15. The fourth-order valence-corrected chi connectivity index (χ4v) is 32.7. The minimum absolute atomic E-state index is 0.0135. The first-order chi connectivity index (χ1) is 66.1. The third-order valence-electron chi connectivity index (χ3n) is 33.8. The third kappa shape index (κ3) is 21.2. The van der Waals surface area contributed by atoms with Crippen LogP contribution >= 0.6 is 0 Å². The van der Waals surface area contributed by atoms with E-state index in [0.717, 1.165) is 64.1 Å². The predicted molar refractivity (Wildman–Crippen MR) is 533 cm³/mol. The van der Waals surface area contributed by atoms with Crippen LogP contribution in [0.5, 0.6) is 0 Å². The van der Waals surface area contributed by atoms with Gasteiger partial charge >= 0.3 is 35.8 Å². The Labute approximate surface area is 837 Å². The van der Waals surface area contributed by atoms with Crippen molar-refractivity contribution in [1.82, 2.24) is 0 Å². The van der Waals surface area contributed by atoms with Crippen molar-refractivity contribution >= 4 is 52.5 Å². The van der Waals surface area contributed by atoms with Crippen LogP contribution in [-0.2, 0) is 94.3 Å². The largest absolute Gasteiger partial charge is 0.458 e. The third-order valence-corrected chi connectivity index (χ3v) is 43.1. The fraction of sp³-hybridized carbons (Fsp3) is 0.694. The zero-order valence-electron chi connectivity index (χ0n) is 88.5. The minimum atomic E-state index is -2.13. The number of esters is 6. The number of ether oxygens (including phenoxy) is 15. The van der Waals surface area contributed by atoms with E-state index in [1.54, 1.807) is 60.7 Å². The van der Waals surface area contributed by atoms with Gasteiger partial charge in [-0.25, -0.2) is 14.4 Å². The number of carbonyl (C=O) groups is 6. The van der Waals surface area contributed by atoms with E-state index in [2.05, 4.69) is 96.1 Å². The lowest BCUT2D eigenvalue weighted by Crippen LogP contribution is -2.78. The first-order valence-electron chi connectivity index (χ1n) is 51.5. The molecule has 12 aliphatic rings. The van der Waals surface area contributed by atoms with Crippen molar-refractivity contribution in [2.24, 2.45) is 50.2 Å². The number of hydrogen-bond acceptors (Lipinski definition) is 28. The second kappa shape index (κ2) is 42.3. The highest BCUT2D eigenvalue weighted by molar-refractivity contribution is 6.74. The molecule has 0 aromatic heterocycles. The number of hydrogen-bond donors (Lipinski definition) is 5. The maximum atomic E-state index is 14.0. The van der Waals surface area contributed by atoms with Gasteiger partial charge in [-0.3, -0.25) is 14.4 Å². The quantitative estimate of drug-likeness (QED) is 0.0195. The van der Waals surface area contributed by atoms with Gasteiger partial charge in [0.05, 0.1) is 84.8 Å². The Kier molecular flexibility index (Phi) is 33.4. The van der Waals surface area contributed by atoms with E-state index in [-0.39, 0.29) is 64.7 Å². The molecule has 3 aromatic rings. The Morgan fingerprint density at radius 1 is 0.397 bits per heavy atom. The van der Waals surface area contributed by atoms with Gasteiger partial charge in [-0.1, -0.05) is 183 Å². The van der Waals surface area contributed by atoms with Crippen molar-refractivity contribution in [3.05, 3.63) is 165 Å². The van der Waals surface area contributed by atoms with Gasteiger partial charge < -0.3 is 105 Å². The van der Waals surface area contributed by atoms with Crippen molar-refractivity contribution in [1.29, 1.82) is 0 Å². The Bertz CT molecular complexity index is 5100. The molecule has 141 heavy (non-hydrogen) atoms. The lowest BCUT2D eigenvalue weighted by atomic mass is 9.48. The summed E-state index contributed by atoms with van der Waals surface area (Å²) in [5, 5.41) is 53.7. The molecule has 0 bridgehead atoms. The standard InChI is InChI=1S/C39H60O10Si.C39H58O9Si.C33H44O9/c1-11-50(12-2,13-3)49-27(19-20-40)24(4)31-32-34(48-37(8,9)47-32)38(10)29(42)21-30-39(23-44-30,46-25(5)41)33(38)28(22-36(31,6)7)45-35(43)26-17-15-14-16-18-26;1-11-49(12-2,13-3)48-28(20-22-40)25(4)31-32-34(47-37(8,9)46-32)38(10)21-19-30-39(24-43-30,45-26(5)41)33(38)29(23-36(31,6)7)44-35(42)27-17-15-14-16-18-27;1-19(22(36)14-16-34)25-26-28(42-31(5,6)41-26)32(7)15-13-24-33(18-38-24,40-20(2)35)27(32)23(17-30(25,3)4)39-29(37)21-11-9-8-10-12-21/h14-18,27-30,32-34,40,42H,11-13,19-23H2,1-10H3;14-19,21,28-30,32-34,40H,11-13,20,22-24H2,1-10H3;8-13,15,22-24,26-28,34,36H,14,16-18H2,1-7H3/b31-24-;31-25-;25-19-/t27?,28?,29?,30?,32?,33?,34?,38-,39?;28?,29?,30?,32?,33?,34?,38-,39?;22-,23+,24+,26+,27-,28+,32+,33-/m110/s1. The molecule has 6 saturated heterocycles. The summed E-state index contributed by atoms with van der Waals surface area (Å²) >= 11 is 0. The summed E-state index contributed by atoms with van der Waals surface area (Å²) in [6.45, 7) is 53.7. The molecular formula is C111H162O28Si2. The molecule has 6 heterocycles. The number of carbonyl (C=O) groups excluding carboxylic acids is 6. The average Bonchev–Trinajstić information content (AvgIpc) is 1.67. The SMILES string of the molecule is CC(=O)O[C@@]12CO[C@@H]1C=C[C@@]1(C)[C@@H]3OC(C)(C)O[C@@H]3/C(=C(\C)[C@@H](O)CCO)C(C)(C)C[C@@H](OC(=O)c3ccccc3)[C@@H]12.CC[Si](CC)(CC)OC(CCO)/C(C)=C1/C2OC(C)(C)OC2[C@]2(C)C(O)CC3OCC3(OC(C)=O)C2C(OC(=O)c2ccccc2)CC1(C)C.CC[Si](CC)(CC)OC(CCO)/C(C)=C1/C2OC(C)(C)OC2[C@]2(C)C=CC3OCC3(OC(C)=O)C2C(OC(=O)c2ccccc2)CC1(C)C. The van der Waals surface area contributed by atoms with Gasteiger partial charge in [-0.05, 0) is 217 Å². The van der Waals surface area contributed by atoms with E-state index in [0.29, 0.717) is 54.4 Å². The Morgan fingerprint density at radius 3 is 1.00 bits per heavy atom. The van der Waals surface area contributed by atoms with Gasteiger partial charge in [0.1, 0.15) is 67.1 Å². The van der Waals surface area contributed by atoms with Crippen LogP contribution in [0.15, 0.2) is 149 Å². The molecule has 0 amide bonds. The molecule has 6 aliphatic heterocycles. The molecule has 10 fully saturated rings. The highest BCUT2D eigenvalue weighted by atomic mass is 28.4. The number of benzene rings is 3. The Balaban J connectivity index is 0.000000179. The van der Waals surface area contributed by atoms with Crippen LogP contribution in [0.4, 0.5) is 0 Å². The van der Waals surface area contributed by atoms with Crippen LogP contribution in [0, 0.1) is 50.2 Å². The summed E-state index contributed by atoms with van der Waals surface area (Å²) in [5.74, 6) is -7.47. The summed E-state index contributed by atoms with van der Waals surface area (Å²) in [5.41, 5.74) is -1.27. The number of rotatable bonds is 28. The van der Waals surface area contributed by atoms with Gasteiger partial charge in [0.15, 0.2) is 50.8 Å². The maximum absolute atomic E-state index is 14.0. The molecule has 15 rings (SSSR count). The lowest BCUT2D eigenvalue weighted by molar-refractivity contribution is -0.348. The second-order valence-electron chi connectivity index (χ2n) is 45.6. The molecule has 28 nitrogen and oxygen atoms in total. The molecule has 0 spiro atoms. The van der Waals surface area contributed by atoms with E-state index in [1.165, 1.54) is 20.8 Å². The molecular weight excluding hydrogens is 1840 g/mol. The van der Waals surface area contributed by atoms with Crippen LogP contribution in [0.2, 0.25) is 36.3 Å². The van der Waals surface area contributed by atoms with Gasteiger partial charge in [0.25, 0.3) is 0 Å². The minimum Gasteiger partial charge on any atom is -0.458 e. The van der Waals surface area contributed by atoms with Crippen LogP contribution in [0.25, 0.3) is 0 Å². The fourth-order valence-electron chi connectivity index (χ4n) is 26.9. The molecule has 0 radical (unpaired) electrons. The van der Waals surface area contributed by atoms with E-state index < -0.39 is 222 Å². The van der Waals surface area contributed by atoms with Crippen molar-refractivity contribution in [2.75, 3.05) is 39.6 Å². The van der Waals surface area contributed by atoms with Crippen LogP contribution in [-0.4, -0.2) is 249 Å². The average molecular weight is 2000 g/mol. The molecule has 782 valence electrons. The highest BCUT2D eigenvalue weighted by Crippen LogP contribution is 2.68. The summed E-state index contributed by atoms with van der Waals surface area (Å²) < 4.78 is 112. The van der Waals surface area contributed by atoms with Crippen molar-refractivity contribution in [3.8, 4) is 0 Å². The Morgan fingerprint density at radius 2 is 0.702 bits per heavy atom. The van der Waals surface area contributed by atoms with E-state index >= 15 is 0 Å². The van der Waals surface area contributed by atoms with Crippen molar-refractivity contribution in [3.63, 3.8) is 0 Å². The second-order valence-corrected chi connectivity index (χ2v) is 55.0. The molecule has 6 aliphatic carbocycles. The normalized spacial score (nSPS) is 36.1.